The molecule has 0 N–H and O–H groups in total. The van der Waals surface area contributed by atoms with Gasteiger partial charge in [0.2, 0.25) is 0 Å². The molecule has 0 aliphatic carbocycles. The molecule has 0 fully saturated rings. The van der Waals surface area contributed by atoms with E-state index in [0.717, 1.165) is 12.0 Å². The van der Waals surface area contributed by atoms with Crippen LogP contribution < -0.4 is 4.73 Å². The number of nitrogens with zero attached hydrogens (tertiary/aromatic N) is 4. The van der Waals surface area contributed by atoms with Gasteiger partial charge in [-0.25, -0.2) is 9.41 Å². The summed E-state index contributed by atoms with van der Waals surface area (Å²) in [6, 6.07) is 9.44. The zero-order valence-electron chi connectivity index (χ0n) is 8.62. The number of hydrogen-bond donors (Lipinski definition) is 0. The molecule has 1 aromatic carbocycles. The second-order valence-corrected chi connectivity index (χ2v) is 3.87. The van der Waals surface area contributed by atoms with Gasteiger partial charge in [-0.3, -0.25) is 0 Å². The van der Waals surface area contributed by atoms with Gasteiger partial charge >= 0.3 is 0 Å². The van der Waals surface area contributed by atoms with Crippen molar-refractivity contribution in [1.29, 1.82) is 0 Å². The largest absolute Gasteiger partial charge is 0.711 e. The van der Waals surface area contributed by atoms with Gasteiger partial charge in [0.25, 0.3) is 12.0 Å². The minimum Gasteiger partial charge on any atom is -0.711 e. The van der Waals surface area contributed by atoms with E-state index in [1.807, 2.05) is 30.3 Å². The van der Waals surface area contributed by atoms with E-state index in [0.29, 0.717) is 20.9 Å². The first-order chi connectivity index (χ1) is 8.25. The van der Waals surface area contributed by atoms with Crippen molar-refractivity contribution in [3.8, 4) is 5.69 Å². The van der Waals surface area contributed by atoms with Gasteiger partial charge in [-0.1, -0.05) is 29.8 Å². The number of para-hydroxylation sites is 1. The van der Waals surface area contributed by atoms with Crippen molar-refractivity contribution < 1.29 is 4.73 Å². The Labute approximate surface area is 101 Å². The lowest BCUT2D eigenvalue weighted by Crippen LogP contribution is -2.24. The molecule has 5 nitrogen and oxygen atoms in total. The van der Waals surface area contributed by atoms with Crippen LogP contribution in [0.3, 0.4) is 0 Å². The maximum Gasteiger partial charge on any atom is 0.297 e. The Balaban J connectivity index is 2.28. The molecule has 0 radical (unpaired) electrons. The molecule has 0 saturated heterocycles. The molecular formula is C11H7ClN4O. The van der Waals surface area contributed by atoms with E-state index in [1.54, 1.807) is 4.68 Å². The fraction of sp³-hybridized carbons (Fsp3) is 0. The Morgan fingerprint density at radius 1 is 1.24 bits per heavy atom. The molecule has 0 spiro atoms. The van der Waals surface area contributed by atoms with E-state index >= 15 is 0 Å². The van der Waals surface area contributed by atoms with Gasteiger partial charge in [0, 0.05) is 0 Å². The molecule has 2 heterocycles. The van der Waals surface area contributed by atoms with Crippen LogP contribution in [0, 0.1) is 5.21 Å². The maximum atomic E-state index is 11.1. The van der Waals surface area contributed by atoms with Crippen LogP contribution in [0.4, 0.5) is 0 Å². The third-order valence-corrected chi connectivity index (χ3v) is 2.76. The summed E-state index contributed by atoms with van der Waals surface area (Å²) in [6.07, 6.45) is 2.51. The third kappa shape index (κ3) is 1.60. The van der Waals surface area contributed by atoms with Crippen LogP contribution in [0.5, 0.6) is 0 Å². The Morgan fingerprint density at radius 2 is 2.00 bits per heavy atom. The zero-order valence-corrected chi connectivity index (χ0v) is 9.37. The van der Waals surface area contributed by atoms with Gasteiger partial charge in [-0.15, -0.1) is 5.10 Å². The van der Waals surface area contributed by atoms with Crippen molar-refractivity contribution in [3.63, 3.8) is 0 Å². The minimum atomic E-state index is 0.379. The fourth-order valence-electron chi connectivity index (χ4n) is 1.62. The number of benzene rings is 1. The van der Waals surface area contributed by atoms with E-state index in [2.05, 4.69) is 10.1 Å². The lowest BCUT2D eigenvalue weighted by molar-refractivity contribution is -0.607. The molecule has 3 aromatic rings. The summed E-state index contributed by atoms with van der Waals surface area (Å²) in [5.74, 6) is 0. The molecule has 0 amide bonds. The molecular weight excluding hydrogens is 240 g/mol. The van der Waals surface area contributed by atoms with E-state index in [-0.39, 0.29) is 0 Å². The maximum absolute atomic E-state index is 11.1. The lowest BCUT2D eigenvalue weighted by atomic mass is 10.3. The molecule has 0 bridgehead atoms. The van der Waals surface area contributed by atoms with Crippen LogP contribution in [-0.4, -0.2) is 14.8 Å². The number of rotatable bonds is 1. The number of fused-ring (bicyclic) bond motifs is 1. The first-order valence-corrected chi connectivity index (χ1v) is 5.32. The Bertz CT molecular complexity index is 681. The SMILES string of the molecule is [O-][n+]1cnc2nn(-c3ccccc3)c(Cl)c2c1. The van der Waals surface area contributed by atoms with Gasteiger partial charge < -0.3 is 5.21 Å². The van der Waals surface area contributed by atoms with Gasteiger partial charge in [0.05, 0.1) is 5.69 Å². The molecule has 0 unspecified atom stereocenters. The van der Waals surface area contributed by atoms with Crippen molar-refractivity contribution in [1.82, 2.24) is 14.8 Å². The quantitative estimate of drug-likeness (QED) is 0.485. The van der Waals surface area contributed by atoms with Crippen LogP contribution in [0.25, 0.3) is 16.7 Å². The highest BCUT2D eigenvalue weighted by Crippen LogP contribution is 2.23. The van der Waals surface area contributed by atoms with Gasteiger partial charge in [-0.05, 0) is 17.1 Å². The molecule has 6 heteroatoms. The molecule has 0 aliphatic rings. The number of hydrogen-bond acceptors (Lipinski definition) is 3. The number of halogens is 1. The predicted octanol–water partition coefficient (Wildman–Crippen LogP) is 1.71. The van der Waals surface area contributed by atoms with Crippen molar-refractivity contribution in [2.45, 2.75) is 0 Å². The van der Waals surface area contributed by atoms with Crippen molar-refractivity contribution >= 4 is 22.6 Å². The highest BCUT2D eigenvalue weighted by atomic mass is 35.5. The standard InChI is InChI=1S/C11H7ClN4O/c12-10-9-6-15(17)7-13-11(9)14-16(10)8-4-2-1-3-5-8/h1-7H. The Hall–Kier alpha value is -2.14. The first kappa shape index (κ1) is 10.0. The second-order valence-electron chi connectivity index (χ2n) is 3.51. The van der Waals surface area contributed by atoms with Crippen LogP contribution in [0.2, 0.25) is 5.15 Å². The van der Waals surface area contributed by atoms with Crippen LogP contribution >= 0.6 is 11.6 Å². The highest BCUT2D eigenvalue weighted by molar-refractivity contribution is 6.34. The molecule has 17 heavy (non-hydrogen) atoms. The van der Waals surface area contributed by atoms with Gasteiger partial charge in [0.1, 0.15) is 16.7 Å². The van der Waals surface area contributed by atoms with Crippen LogP contribution in [0.15, 0.2) is 42.9 Å². The summed E-state index contributed by atoms with van der Waals surface area (Å²) in [7, 11) is 0. The molecule has 0 saturated carbocycles. The van der Waals surface area contributed by atoms with Gasteiger partial charge in [0.15, 0.2) is 0 Å². The van der Waals surface area contributed by atoms with Crippen molar-refractivity contribution in [3.05, 3.63) is 53.2 Å². The summed E-state index contributed by atoms with van der Waals surface area (Å²) in [5, 5.41) is 16.3. The van der Waals surface area contributed by atoms with E-state index in [4.69, 9.17) is 11.6 Å². The van der Waals surface area contributed by atoms with Gasteiger partial charge in [-0.2, -0.15) is 0 Å². The fourth-order valence-corrected chi connectivity index (χ4v) is 1.89. The lowest BCUT2D eigenvalue weighted by Gasteiger charge is -2.00. The Morgan fingerprint density at radius 3 is 2.76 bits per heavy atom. The smallest absolute Gasteiger partial charge is 0.297 e. The third-order valence-electron chi connectivity index (χ3n) is 2.39. The summed E-state index contributed by atoms with van der Waals surface area (Å²) in [6.45, 7) is 0. The highest BCUT2D eigenvalue weighted by Gasteiger charge is 2.15. The average molecular weight is 247 g/mol. The second kappa shape index (κ2) is 3.71. The van der Waals surface area contributed by atoms with E-state index in [9.17, 15) is 5.21 Å². The number of aromatic nitrogens is 4. The molecule has 3 rings (SSSR count). The topological polar surface area (TPSA) is 57.6 Å². The summed E-state index contributed by atoms with van der Waals surface area (Å²) >= 11 is 6.17. The van der Waals surface area contributed by atoms with Crippen LogP contribution in [-0.2, 0) is 0 Å². The first-order valence-electron chi connectivity index (χ1n) is 4.94. The summed E-state index contributed by atoms with van der Waals surface area (Å²) in [5.41, 5.74) is 1.28. The zero-order chi connectivity index (χ0) is 11.8. The average Bonchev–Trinajstić information content (AvgIpc) is 2.68. The van der Waals surface area contributed by atoms with E-state index in [1.165, 1.54) is 6.20 Å². The molecule has 0 aliphatic heterocycles. The van der Waals surface area contributed by atoms with E-state index < -0.39 is 0 Å². The normalized spacial score (nSPS) is 10.9. The predicted molar refractivity (Wildman–Crippen MR) is 62.8 cm³/mol. The monoisotopic (exact) mass is 246 g/mol. The summed E-state index contributed by atoms with van der Waals surface area (Å²) in [4.78, 5) is 3.92. The Kier molecular flexibility index (Phi) is 2.19. The minimum absolute atomic E-state index is 0.379. The van der Waals surface area contributed by atoms with Crippen molar-refractivity contribution in [2.24, 2.45) is 0 Å². The molecule has 2 aromatic heterocycles. The van der Waals surface area contributed by atoms with Crippen molar-refractivity contribution in [2.75, 3.05) is 0 Å². The van der Waals surface area contributed by atoms with Crippen LogP contribution in [0.1, 0.15) is 0 Å². The summed E-state index contributed by atoms with van der Waals surface area (Å²) < 4.78 is 2.16. The molecule has 0 atom stereocenters. The molecule has 84 valence electrons.